The minimum Gasteiger partial charge on any atom is -0.492 e. The van der Waals surface area contributed by atoms with Crippen molar-refractivity contribution in [2.45, 2.75) is 19.4 Å². The summed E-state index contributed by atoms with van der Waals surface area (Å²) in [6.07, 6.45) is 0.483. The number of ether oxygens (including phenoxy) is 1. The van der Waals surface area contributed by atoms with Gasteiger partial charge in [0.05, 0.1) is 12.3 Å². The lowest BCUT2D eigenvalue weighted by atomic mass is 10.2. The molecule has 26 heavy (non-hydrogen) atoms. The molecule has 0 saturated carbocycles. The van der Waals surface area contributed by atoms with Gasteiger partial charge in [-0.25, -0.2) is 9.18 Å². The summed E-state index contributed by atoms with van der Waals surface area (Å²) >= 11 is 0. The third kappa shape index (κ3) is 3.93. The van der Waals surface area contributed by atoms with E-state index in [1.54, 1.807) is 35.2 Å². The second-order valence-electron chi connectivity index (χ2n) is 5.84. The minimum atomic E-state index is -0.626. The van der Waals surface area contributed by atoms with E-state index < -0.39 is 12.1 Å². The fourth-order valence-electron chi connectivity index (χ4n) is 2.86. The topological polar surface area (TPSA) is 70.7 Å². The van der Waals surface area contributed by atoms with Crippen molar-refractivity contribution in [3.05, 3.63) is 54.3 Å². The summed E-state index contributed by atoms with van der Waals surface area (Å²) < 4.78 is 18.5. The average Bonchev–Trinajstić information content (AvgIpc) is 2.98. The summed E-state index contributed by atoms with van der Waals surface area (Å²) in [5.41, 5.74) is 1.15. The molecule has 136 valence electrons. The molecule has 1 heterocycles. The Kier molecular flexibility index (Phi) is 5.36. The number of urea groups is 1. The third-order valence-electron chi connectivity index (χ3n) is 4.08. The predicted molar refractivity (Wildman–Crippen MR) is 96.9 cm³/mol. The Morgan fingerprint density at radius 1 is 1.23 bits per heavy atom. The molecule has 1 fully saturated rings. The summed E-state index contributed by atoms with van der Waals surface area (Å²) in [4.78, 5) is 26.3. The fourth-order valence-corrected chi connectivity index (χ4v) is 2.86. The Hall–Kier alpha value is -3.09. The number of benzene rings is 2. The molecule has 0 radical (unpaired) electrons. The monoisotopic (exact) mass is 357 g/mol. The van der Waals surface area contributed by atoms with Gasteiger partial charge in [-0.05, 0) is 49.7 Å². The van der Waals surface area contributed by atoms with Crippen LogP contribution in [0.4, 0.5) is 20.6 Å². The van der Waals surface area contributed by atoms with Gasteiger partial charge in [-0.1, -0.05) is 12.1 Å². The number of para-hydroxylation sites is 2. The maximum atomic E-state index is 13.0. The molecule has 2 aromatic carbocycles. The molecule has 0 aromatic heterocycles. The number of hydrogen-bond acceptors (Lipinski definition) is 3. The second-order valence-corrected chi connectivity index (χ2v) is 5.84. The van der Waals surface area contributed by atoms with Gasteiger partial charge in [0.25, 0.3) is 0 Å². The average molecular weight is 357 g/mol. The first kappa shape index (κ1) is 17.7. The van der Waals surface area contributed by atoms with Crippen LogP contribution >= 0.6 is 0 Å². The number of anilines is 2. The normalized spacial score (nSPS) is 16.5. The van der Waals surface area contributed by atoms with E-state index >= 15 is 0 Å². The van der Waals surface area contributed by atoms with Crippen molar-refractivity contribution in [3.8, 4) is 5.75 Å². The van der Waals surface area contributed by atoms with E-state index in [1.807, 2.05) is 13.0 Å². The number of carbonyl (C=O) groups is 2. The van der Waals surface area contributed by atoms with Gasteiger partial charge in [-0.2, -0.15) is 0 Å². The standard InChI is InChI=1S/C19H20FN3O3/c1-2-26-17-6-4-3-5-15(17)21-19(25)22-16-11-12-23(18(16)24)14-9-7-13(20)8-10-14/h3-10,16H,2,11-12H2,1H3,(H2,21,22,25). The van der Waals surface area contributed by atoms with E-state index in [2.05, 4.69) is 10.6 Å². The lowest BCUT2D eigenvalue weighted by Crippen LogP contribution is -2.43. The highest BCUT2D eigenvalue weighted by Gasteiger charge is 2.33. The van der Waals surface area contributed by atoms with Gasteiger partial charge in [0.15, 0.2) is 0 Å². The smallest absolute Gasteiger partial charge is 0.319 e. The highest BCUT2D eigenvalue weighted by molar-refractivity contribution is 6.02. The number of halogens is 1. The first-order chi connectivity index (χ1) is 12.6. The Morgan fingerprint density at radius 3 is 2.69 bits per heavy atom. The van der Waals surface area contributed by atoms with E-state index in [1.165, 1.54) is 12.1 Å². The molecule has 0 aliphatic carbocycles. The zero-order valence-electron chi connectivity index (χ0n) is 14.4. The van der Waals surface area contributed by atoms with E-state index in [0.29, 0.717) is 36.7 Å². The Bertz CT molecular complexity index is 795. The molecule has 0 bridgehead atoms. The number of nitrogens with zero attached hydrogens (tertiary/aromatic N) is 1. The zero-order valence-corrected chi connectivity index (χ0v) is 14.4. The van der Waals surface area contributed by atoms with Crippen molar-refractivity contribution < 1.29 is 18.7 Å². The van der Waals surface area contributed by atoms with Crippen LogP contribution in [-0.2, 0) is 4.79 Å². The fraction of sp³-hybridized carbons (Fsp3) is 0.263. The molecule has 1 aliphatic rings. The molecule has 3 amide bonds. The van der Waals surface area contributed by atoms with Crippen molar-refractivity contribution >= 4 is 23.3 Å². The molecule has 6 nitrogen and oxygen atoms in total. The first-order valence-electron chi connectivity index (χ1n) is 8.44. The summed E-state index contributed by atoms with van der Waals surface area (Å²) in [6, 6.07) is 11.7. The summed E-state index contributed by atoms with van der Waals surface area (Å²) in [7, 11) is 0. The van der Waals surface area contributed by atoms with Gasteiger partial charge < -0.3 is 20.3 Å². The van der Waals surface area contributed by atoms with E-state index in [9.17, 15) is 14.0 Å². The number of rotatable bonds is 5. The van der Waals surface area contributed by atoms with Crippen LogP contribution in [0, 0.1) is 5.82 Å². The molecule has 1 saturated heterocycles. The molecule has 1 atom stereocenters. The van der Waals surface area contributed by atoms with Crippen molar-refractivity contribution in [2.24, 2.45) is 0 Å². The number of hydrogen-bond donors (Lipinski definition) is 2. The molecule has 2 aromatic rings. The Morgan fingerprint density at radius 2 is 1.96 bits per heavy atom. The maximum Gasteiger partial charge on any atom is 0.319 e. The minimum absolute atomic E-state index is 0.218. The second kappa shape index (κ2) is 7.86. The molecule has 3 rings (SSSR count). The third-order valence-corrected chi connectivity index (χ3v) is 4.08. The predicted octanol–water partition coefficient (Wildman–Crippen LogP) is 3.15. The highest BCUT2D eigenvalue weighted by atomic mass is 19.1. The number of amides is 3. The number of carbonyl (C=O) groups excluding carboxylic acids is 2. The molecule has 2 N–H and O–H groups in total. The van der Waals surface area contributed by atoms with Crippen LogP contribution < -0.4 is 20.3 Å². The van der Waals surface area contributed by atoms with E-state index in [0.717, 1.165) is 0 Å². The molecule has 0 spiro atoms. The van der Waals surface area contributed by atoms with Crippen LogP contribution in [0.1, 0.15) is 13.3 Å². The van der Waals surface area contributed by atoms with Crippen molar-refractivity contribution in [2.75, 3.05) is 23.4 Å². The SMILES string of the molecule is CCOc1ccccc1NC(=O)NC1CCN(c2ccc(F)cc2)C1=O. The summed E-state index contributed by atoms with van der Waals surface area (Å²) in [5.74, 6) is -0.0110. The summed E-state index contributed by atoms with van der Waals surface area (Å²) in [6.45, 7) is 2.80. The van der Waals surface area contributed by atoms with Gasteiger partial charge in [-0.15, -0.1) is 0 Å². The van der Waals surface area contributed by atoms with E-state index in [4.69, 9.17) is 4.74 Å². The van der Waals surface area contributed by atoms with Gasteiger partial charge in [0.1, 0.15) is 17.6 Å². The van der Waals surface area contributed by atoms with Crippen molar-refractivity contribution in [1.29, 1.82) is 0 Å². The van der Waals surface area contributed by atoms with Crippen LogP contribution in [0.25, 0.3) is 0 Å². The molecular weight excluding hydrogens is 337 g/mol. The van der Waals surface area contributed by atoms with Gasteiger partial charge in [0, 0.05) is 12.2 Å². The van der Waals surface area contributed by atoms with Gasteiger partial charge in [-0.3, -0.25) is 4.79 Å². The van der Waals surface area contributed by atoms with Crippen LogP contribution in [0.3, 0.4) is 0 Å². The first-order valence-corrected chi connectivity index (χ1v) is 8.44. The van der Waals surface area contributed by atoms with Crippen LogP contribution in [0.5, 0.6) is 5.75 Å². The quantitative estimate of drug-likeness (QED) is 0.864. The summed E-state index contributed by atoms with van der Waals surface area (Å²) in [5, 5.41) is 5.40. The highest BCUT2D eigenvalue weighted by Crippen LogP contribution is 2.24. The lowest BCUT2D eigenvalue weighted by Gasteiger charge is -2.18. The number of nitrogens with one attached hydrogen (secondary N) is 2. The molecule has 1 unspecified atom stereocenters. The maximum absolute atomic E-state index is 13.0. The van der Waals surface area contributed by atoms with Crippen molar-refractivity contribution in [1.82, 2.24) is 5.32 Å². The largest absolute Gasteiger partial charge is 0.492 e. The van der Waals surface area contributed by atoms with Gasteiger partial charge >= 0.3 is 6.03 Å². The Balaban J connectivity index is 1.62. The molecule has 7 heteroatoms. The van der Waals surface area contributed by atoms with Crippen LogP contribution in [0.15, 0.2) is 48.5 Å². The zero-order chi connectivity index (χ0) is 18.5. The van der Waals surface area contributed by atoms with Crippen molar-refractivity contribution in [3.63, 3.8) is 0 Å². The van der Waals surface area contributed by atoms with Crippen LogP contribution in [-0.4, -0.2) is 31.1 Å². The Labute approximate surface area is 150 Å². The van der Waals surface area contributed by atoms with Crippen LogP contribution in [0.2, 0.25) is 0 Å². The molecular formula is C19H20FN3O3. The van der Waals surface area contributed by atoms with E-state index in [-0.39, 0.29) is 11.7 Å². The molecule has 1 aliphatic heterocycles. The van der Waals surface area contributed by atoms with Gasteiger partial charge in [0.2, 0.25) is 5.91 Å². The lowest BCUT2D eigenvalue weighted by molar-refractivity contribution is -0.118.